The van der Waals surface area contributed by atoms with E-state index in [0.717, 1.165) is 0 Å². The molecular formula is C14H22N2O4S. The maximum absolute atomic E-state index is 11.9. The van der Waals surface area contributed by atoms with Crippen LogP contribution in [0.5, 0.6) is 0 Å². The molecule has 118 valence electrons. The smallest absolute Gasteiger partial charge is 0.270 e. The number of nitro benzene ring substituents is 1. The van der Waals surface area contributed by atoms with Crippen LogP contribution in [0.4, 0.5) is 11.4 Å². The molecule has 6 nitrogen and oxygen atoms in total. The molecule has 7 heteroatoms. The Bertz CT molecular complexity index is 607. The van der Waals surface area contributed by atoms with Gasteiger partial charge in [0.05, 0.1) is 16.4 Å². The zero-order chi connectivity index (χ0) is 16.4. The maximum atomic E-state index is 11.9. The highest BCUT2D eigenvalue weighted by molar-refractivity contribution is 7.92. The standard InChI is InChI=1S/C14H22N2O4S/c1-6-21(19,20)15-14-12(9(2)3)7-11(16(17)18)8-13(14)10(4)5/h7-10,15H,6H2,1-5H3. The molecule has 0 saturated carbocycles. The second kappa shape index (κ2) is 6.43. The summed E-state index contributed by atoms with van der Waals surface area (Å²) in [5, 5.41) is 11.1. The molecule has 0 bridgehead atoms. The molecule has 0 aliphatic rings. The third kappa shape index (κ3) is 4.17. The van der Waals surface area contributed by atoms with E-state index >= 15 is 0 Å². The van der Waals surface area contributed by atoms with Crippen molar-refractivity contribution >= 4 is 21.4 Å². The van der Waals surface area contributed by atoms with Crippen molar-refractivity contribution in [1.82, 2.24) is 0 Å². The quantitative estimate of drug-likeness (QED) is 0.641. The molecule has 0 radical (unpaired) electrons. The van der Waals surface area contributed by atoms with E-state index < -0.39 is 14.9 Å². The summed E-state index contributed by atoms with van der Waals surface area (Å²) in [6, 6.07) is 2.90. The second-order valence-electron chi connectivity index (χ2n) is 5.57. The number of rotatable bonds is 6. The zero-order valence-corrected chi connectivity index (χ0v) is 13.8. The first-order valence-corrected chi connectivity index (χ1v) is 8.57. The van der Waals surface area contributed by atoms with E-state index in [1.165, 1.54) is 12.1 Å². The van der Waals surface area contributed by atoms with Crippen LogP contribution in [0.1, 0.15) is 57.6 Å². The number of benzene rings is 1. The van der Waals surface area contributed by atoms with Gasteiger partial charge >= 0.3 is 0 Å². The fourth-order valence-electron chi connectivity index (χ4n) is 2.03. The number of non-ortho nitro benzene ring substituents is 1. The van der Waals surface area contributed by atoms with Gasteiger partial charge in [0.15, 0.2) is 0 Å². The van der Waals surface area contributed by atoms with E-state index in [0.29, 0.717) is 16.8 Å². The zero-order valence-electron chi connectivity index (χ0n) is 13.0. The predicted molar refractivity (Wildman–Crippen MR) is 84.4 cm³/mol. The van der Waals surface area contributed by atoms with Crippen LogP contribution in [-0.4, -0.2) is 19.1 Å². The van der Waals surface area contributed by atoms with Crippen molar-refractivity contribution in [2.75, 3.05) is 10.5 Å². The Morgan fingerprint density at radius 3 is 1.86 bits per heavy atom. The van der Waals surface area contributed by atoms with Gasteiger partial charge in [0.2, 0.25) is 10.0 Å². The lowest BCUT2D eigenvalue weighted by Crippen LogP contribution is -2.18. The van der Waals surface area contributed by atoms with Crippen LogP contribution in [0, 0.1) is 10.1 Å². The first-order valence-electron chi connectivity index (χ1n) is 6.91. The van der Waals surface area contributed by atoms with E-state index in [4.69, 9.17) is 0 Å². The van der Waals surface area contributed by atoms with Crippen LogP contribution in [0.2, 0.25) is 0 Å². The Balaban J connectivity index is 3.61. The molecule has 0 unspecified atom stereocenters. The van der Waals surface area contributed by atoms with Crippen molar-refractivity contribution in [3.8, 4) is 0 Å². The number of hydrogen-bond acceptors (Lipinski definition) is 4. The van der Waals surface area contributed by atoms with E-state index in [2.05, 4.69) is 4.72 Å². The summed E-state index contributed by atoms with van der Waals surface area (Å²) in [5.74, 6) is -0.104. The summed E-state index contributed by atoms with van der Waals surface area (Å²) in [5.41, 5.74) is 1.75. The lowest BCUT2D eigenvalue weighted by atomic mass is 9.92. The molecule has 0 heterocycles. The highest BCUT2D eigenvalue weighted by Crippen LogP contribution is 2.36. The molecule has 1 aromatic carbocycles. The van der Waals surface area contributed by atoms with Crippen molar-refractivity contribution in [2.24, 2.45) is 0 Å². The Kier molecular flexibility index (Phi) is 5.33. The van der Waals surface area contributed by atoms with Gasteiger partial charge in [-0.1, -0.05) is 27.7 Å². The topological polar surface area (TPSA) is 89.3 Å². The summed E-state index contributed by atoms with van der Waals surface area (Å²) in [6.07, 6.45) is 0. The summed E-state index contributed by atoms with van der Waals surface area (Å²) >= 11 is 0. The Morgan fingerprint density at radius 1 is 1.14 bits per heavy atom. The third-order valence-electron chi connectivity index (χ3n) is 3.28. The Labute approximate surface area is 125 Å². The van der Waals surface area contributed by atoms with E-state index in [1.807, 2.05) is 27.7 Å². The molecule has 0 aliphatic heterocycles. The lowest BCUT2D eigenvalue weighted by Gasteiger charge is -2.20. The summed E-state index contributed by atoms with van der Waals surface area (Å²) in [7, 11) is -3.44. The molecule has 0 spiro atoms. The van der Waals surface area contributed by atoms with Gasteiger partial charge in [-0.25, -0.2) is 8.42 Å². The molecule has 0 amide bonds. The fourth-order valence-corrected chi connectivity index (χ4v) is 2.72. The minimum atomic E-state index is -3.44. The van der Waals surface area contributed by atoms with E-state index in [-0.39, 0.29) is 23.3 Å². The van der Waals surface area contributed by atoms with Crippen molar-refractivity contribution in [2.45, 2.75) is 46.5 Å². The first kappa shape index (κ1) is 17.4. The molecule has 1 rings (SSSR count). The monoisotopic (exact) mass is 314 g/mol. The number of sulfonamides is 1. The number of anilines is 1. The van der Waals surface area contributed by atoms with Gasteiger partial charge in [0.25, 0.3) is 5.69 Å². The van der Waals surface area contributed by atoms with Crippen molar-refractivity contribution in [3.05, 3.63) is 33.4 Å². The first-order chi connectivity index (χ1) is 9.59. The lowest BCUT2D eigenvalue weighted by molar-refractivity contribution is -0.385. The van der Waals surface area contributed by atoms with Crippen LogP contribution in [-0.2, 0) is 10.0 Å². The number of nitrogens with zero attached hydrogens (tertiary/aromatic N) is 1. The highest BCUT2D eigenvalue weighted by atomic mass is 32.2. The van der Waals surface area contributed by atoms with Crippen molar-refractivity contribution in [1.29, 1.82) is 0 Å². The van der Waals surface area contributed by atoms with Gasteiger partial charge in [0, 0.05) is 12.1 Å². The molecule has 0 atom stereocenters. The molecule has 0 saturated heterocycles. The minimum Gasteiger partial charge on any atom is -0.283 e. The number of nitro groups is 1. The second-order valence-corrected chi connectivity index (χ2v) is 7.58. The Hall–Kier alpha value is -1.63. The molecule has 1 aromatic rings. The predicted octanol–water partition coefficient (Wildman–Crippen LogP) is 3.60. The number of nitrogens with one attached hydrogen (secondary N) is 1. The highest BCUT2D eigenvalue weighted by Gasteiger charge is 2.22. The van der Waals surface area contributed by atoms with Gasteiger partial charge in [-0.2, -0.15) is 0 Å². The summed E-state index contributed by atoms with van der Waals surface area (Å²) in [6.45, 7) is 9.08. The molecule has 21 heavy (non-hydrogen) atoms. The molecule has 0 aromatic heterocycles. The van der Waals surface area contributed by atoms with Gasteiger partial charge in [-0.3, -0.25) is 14.8 Å². The minimum absolute atomic E-state index is 0.0122. The molecule has 1 N–H and O–H groups in total. The van der Waals surface area contributed by atoms with Crippen LogP contribution < -0.4 is 4.72 Å². The largest absolute Gasteiger partial charge is 0.283 e. The summed E-state index contributed by atoms with van der Waals surface area (Å²) < 4.78 is 26.4. The average molecular weight is 314 g/mol. The SMILES string of the molecule is CCS(=O)(=O)Nc1c(C(C)C)cc([N+](=O)[O-])cc1C(C)C. The van der Waals surface area contributed by atoms with Crippen molar-refractivity contribution in [3.63, 3.8) is 0 Å². The molecule has 0 fully saturated rings. The van der Waals surface area contributed by atoms with Gasteiger partial charge in [-0.15, -0.1) is 0 Å². The third-order valence-corrected chi connectivity index (χ3v) is 4.55. The fraction of sp³-hybridized carbons (Fsp3) is 0.571. The number of hydrogen-bond donors (Lipinski definition) is 1. The van der Waals surface area contributed by atoms with E-state index in [9.17, 15) is 18.5 Å². The normalized spacial score (nSPS) is 12.0. The van der Waals surface area contributed by atoms with Crippen molar-refractivity contribution < 1.29 is 13.3 Å². The van der Waals surface area contributed by atoms with Crippen LogP contribution in [0.15, 0.2) is 12.1 Å². The maximum Gasteiger partial charge on any atom is 0.270 e. The average Bonchev–Trinajstić information content (AvgIpc) is 2.37. The Morgan fingerprint density at radius 2 is 1.57 bits per heavy atom. The van der Waals surface area contributed by atoms with Crippen LogP contribution >= 0.6 is 0 Å². The van der Waals surface area contributed by atoms with Gasteiger partial charge in [-0.05, 0) is 29.9 Å². The summed E-state index contributed by atoms with van der Waals surface area (Å²) in [4.78, 5) is 10.6. The van der Waals surface area contributed by atoms with E-state index in [1.54, 1.807) is 6.92 Å². The van der Waals surface area contributed by atoms with Crippen LogP contribution in [0.25, 0.3) is 0 Å². The van der Waals surface area contributed by atoms with Crippen LogP contribution in [0.3, 0.4) is 0 Å². The molecule has 0 aliphatic carbocycles. The van der Waals surface area contributed by atoms with Gasteiger partial charge < -0.3 is 0 Å². The van der Waals surface area contributed by atoms with Gasteiger partial charge in [0.1, 0.15) is 0 Å². The molecular weight excluding hydrogens is 292 g/mol.